The molecule has 0 saturated heterocycles. The molecule has 8 heteroatoms. The molecule has 2 atom stereocenters. The number of carbonyl (C=O) groups excluding carboxylic acids is 2. The summed E-state index contributed by atoms with van der Waals surface area (Å²) in [5.41, 5.74) is 2.86. The van der Waals surface area contributed by atoms with Crippen molar-refractivity contribution in [3.63, 3.8) is 0 Å². The Morgan fingerprint density at radius 2 is 1.66 bits per heavy atom. The zero-order chi connectivity index (χ0) is 27.1. The Labute approximate surface area is 228 Å². The van der Waals surface area contributed by atoms with Gasteiger partial charge >= 0.3 is 5.97 Å². The zero-order valence-electron chi connectivity index (χ0n) is 22.3. The number of hydrogen-bond donors (Lipinski definition) is 0. The summed E-state index contributed by atoms with van der Waals surface area (Å²) in [4.78, 5) is 31.1. The standard InChI is InChI=1S/C30H34N2O5S/c1-21(33)37-28-29(23-13-15-24(35-3)16-14-23)38-27-12-8-6-10-25(27)32(30(28)34)20-19-31(2)18-17-22-9-5-7-11-26(22)36-4/h5-16,28-29H,17-20H2,1-4H3. The largest absolute Gasteiger partial charge is 0.497 e. The SMILES string of the molecule is COc1ccc(C2Sc3ccccc3N(CCN(C)CCc3ccccc3OC)C(=O)C2OC(C)=O)cc1. The normalized spacial score (nSPS) is 17.1. The van der Waals surface area contributed by atoms with E-state index in [1.54, 1.807) is 19.1 Å². The summed E-state index contributed by atoms with van der Waals surface area (Å²) in [7, 11) is 5.34. The van der Waals surface area contributed by atoms with Crippen LogP contribution < -0.4 is 14.4 Å². The van der Waals surface area contributed by atoms with Gasteiger partial charge in [-0.05, 0) is 54.9 Å². The molecule has 0 fully saturated rings. The molecule has 3 aromatic rings. The Bertz CT molecular complexity index is 1250. The summed E-state index contributed by atoms with van der Waals surface area (Å²) < 4.78 is 16.5. The molecule has 7 nitrogen and oxygen atoms in total. The summed E-state index contributed by atoms with van der Waals surface area (Å²) >= 11 is 1.54. The van der Waals surface area contributed by atoms with E-state index >= 15 is 0 Å². The first-order chi connectivity index (χ1) is 18.4. The van der Waals surface area contributed by atoms with Crippen molar-refractivity contribution in [3.05, 3.63) is 83.9 Å². The second-order valence-electron chi connectivity index (χ2n) is 9.16. The average Bonchev–Trinajstić information content (AvgIpc) is 3.05. The highest BCUT2D eigenvalue weighted by molar-refractivity contribution is 7.99. The molecule has 1 aliphatic heterocycles. The van der Waals surface area contributed by atoms with Gasteiger partial charge in [-0.15, -0.1) is 11.8 Å². The lowest BCUT2D eigenvalue weighted by atomic mass is 10.1. The molecule has 2 unspecified atom stereocenters. The van der Waals surface area contributed by atoms with Gasteiger partial charge in [0, 0.05) is 31.5 Å². The predicted octanol–water partition coefficient (Wildman–Crippen LogP) is 4.99. The van der Waals surface area contributed by atoms with Crippen LogP contribution in [0.1, 0.15) is 23.3 Å². The van der Waals surface area contributed by atoms with Crippen LogP contribution in [0.3, 0.4) is 0 Å². The highest BCUT2D eigenvalue weighted by Crippen LogP contribution is 2.46. The van der Waals surface area contributed by atoms with Gasteiger partial charge in [0.2, 0.25) is 0 Å². The van der Waals surface area contributed by atoms with E-state index in [4.69, 9.17) is 14.2 Å². The molecule has 0 N–H and O–H groups in total. The van der Waals surface area contributed by atoms with Gasteiger partial charge in [-0.1, -0.05) is 42.5 Å². The van der Waals surface area contributed by atoms with Crippen LogP contribution in [0.5, 0.6) is 11.5 Å². The number of para-hydroxylation sites is 2. The molecule has 0 aromatic heterocycles. The highest BCUT2D eigenvalue weighted by Gasteiger charge is 2.40. The molecule has 38 heavy (non-hydrogen) atoms. The van der Waals surface area contributed by atoms with Crippen LogP contribution in [0.25, 0.3) is 0 Å². The predicted molar refractivity (Wildman–Crippen MR) is 150 cm³/mol. The van der Waals surface area contributed by atoms with E-state index in [1.807, 2.05) is 73.8 Å². The molecule has 4 rings (SSSR count). The van der Waals surface area contributed by atoms with Gasteiger partial charge in [-0.3, -0.25) is 9.59 Å². The first kappa shape index (κ1) is 27.5. The fraction of sp³-hybridized carbons (Fsp3) is 0.333. The lowest BCUT2D eigenvalue weighted by Crippen LogP contribution is -2.45. The summed E-state index contributed by atoms with van der Waals surface area (Å²) in [6.45, 7) is 3.27. The topological polar surface area (TPSA) is 68.3 Å². The molecule has 3 aromatic carbocycles. The molecule has 1 aliphatic rings. The number of nitrogens with zero attached hydrogens (tertiary/aromatic N) is 2. The first-order valence-corrected chi connectivity index (χ1v) is 13.5. The van der Waals surface area contributed by atoms with E-state index in [9.17, 15) is 9.59 Å². The number of hydrogen-bond acceptors (Lipinski definition) is 7. The van der Waals surface area contributed by atoms with E-state index in [-0.39, 0.29) is 5.91 Å². The number of benzene rings is 3. The molecule has 0 spiro atoms. The number of fused-ring (bicyclic) bond motifs is 1. The Hall–Kier alpha value is -3.49. The van der Waals surface area contributed by atoms with E-state index in [0.29, 0.717) is 13.1 Å². The number of thioether (sulfide) groups is 1. The summed E-state index contributed by atoms with van der Waals surface area (Å²) in [5.74, 6) is 0.892. The third-order valence-corrected chi connectivity index (χ3v) is 7.96. The maximum absolute atomic E-state index is 14.0. The van der Waals surface area contributed by atoms with Crippen molar-refractivity contribution in [2.24, 2.45) is 0 Å². The van der Waals surface area contributed by atoms with Crippen LogP contribution in [-0.4, -0.2) is 63.8 Å². The second kappa shape index (κ2) is 12.8. The molecular weight excluding hydrogens is 500 g/mol. The van der Waals surface area contributed by atoms with Crippen LogP contribution >= 0.6 is 11.8 Å². The van der Waals surface area contributed by atoms with Gasteiger partial charge in [0.25, 0.3) is 5.91 Å². The van der Waals surface area contributed by atoms with Gasteiger partial charge in [0.1, 0.15) is 11.5 Å². The molecule has 0 bridgehead atoms. The Morgan fingerprint density at radius 1 is 0.947 bits per heavy atom. The minimum absolute atomic E-state index is 0.225. The third kappa shape index (κ3) is 6.49. The zero-order valence-corrected chi connectivity index (χ0v) is 23.1. The number of rotatable bonds is 10. The van der Waals surface area contributed by atoms with Crippen molar-refractivity contribution in [1.82, 2.24) is 4.90 Å². The fourth-order valence-corrected chi connectivity index (χ4v) is 5.86. The van der Waals surface area contributed by atoms with Gasteiger partial charge in [0.15, 0.2) is 6.10 Å². The monoisotopic (exact) mass is 534 g/mol. The summed E-state index contributed by atoms with van der Waals surface area (Å²) in [6.07, 6.45) is -0.131. The number of ether oxygens (including phenoxy) is 3. The van der Waals surface area contributed by atoms with Gasteiger partial charge in [-0.25, -0.2) is 0 Å². The highest BCUT2D eigenvalue weighted by atomic mass is 32.2. The van der Waals surface area contributed by atoms with E-state index in [0.717, 1.165) is 46.2 Å². The van der Waals surface area contributed by atoms with Gasteiger partial charge in [0.05, 0.1) is 25.2 Å². The van der Waals surface area contributed by atoms with Crippen LogP contribution in [0, 0.1) is 0 Å². The van der Waals surface area contributed by atoms with Crippen molar-refractivity contribution < 1.29 is 23.8 Å². The first-order valence-electron chi connectivity index (χ1n) is 12.6. The minimum atomic E-state index is -0.961. The Morgan fingerprint density at radius 3 is 2.37 bits per heavy atom. The van der Waals surface area contributed by atoms with Crippen LogP contribution in [-0.2, 0) is 20.7 Å². The van der Waals surface area contributed by atoms with Crippen LogP contribution in [0.4, 0.5) is 5.69 Å². The number of methoxy groups -OCH3 is 2. The lowest BCUT2D eigenvalue weighted by molar-refractivity contribution is -0.152. The van der Waals surface area contributed by atoms with Crippen LogP contribution in [0.15, 0.2) is 77.7 Å². The Kier molecular flexibility index (Phi) is 9.31. The molecule has 200 valence electrons. The molecule has 0 radical (unpaired) electrons. The number of carbonyl (C=O) groups is 2. The number of likely N-dealkylation sites (N-methyl/N-ethyl adjacent to an activating group) is 1. The fourth-order valence-electron chi connectivity index (χ4n) is 4.54. The third-order valence-electron chi connectivity index (χ3n) is 6.59. The van der Waals surface area contributed by atoms with Crippen molar-refractivity contribution in [3.8, 4) is 11.5 Å². The summed E-state index contributed by atoms with van der Waals surface area (Å²) in [6, 6.07) is 23.4. The second-order valence-corrected chi connectivity index (χ2v) is 10.3. The smallest absolute Gasteiger partial charge is 0.303 e. The average molecular weight is 535 g/mol. The van der Waals surface area contributed by atoms with E-state index in [1.165, 1.54) is 18.7 Å². The van der Waals surface area contributed by atoms with E-state index < -0.39 is 17.3 Å². The molecule has 0 aliphatic carbocycles. The maximum Gasteiger partial charge on any atom is 0.303 e. The Balaban J connectivity index is 1.56. The summed E-state index contributed by atoms with van der Waals surface area (Å²) in [5, 5.41) is -0.397. The van der Waals surface area contributed by atoms with Gasteiger partial charge < -0.3 is 24.0 Å². The minimum Gasteiger partial charge on any atom is -0.497 e. The van der Waals surface area contributed by atoms with Crippen molar-refractivity contribution in [2.45, 2.75) is 29.6 Å². The van der Waals surface area contributed by atoms with E-state index in [2.05, 4.69) is 11.0 Å². The molecule has 1 heterocycles. The van der Waals surface area contributed by atoms with Gasteiger partial charge in [-0.2, -0.15) is 0 Å². The quantitative estimate of drug-likeness (QED) is 0.340. The maximum atomic E-state index is 14.0. The molecule has 1 amide bonds. The van der Waals surface area contributed by atoms with Crippen molar-refractivity contribution >= 4 is 29.3 Å². The number of esters is 1. The van der Waals surface area contributed by atoms with Crippen molar-refractivity contribution in [1.29, 1.82) is 0 Å². The molecule has 0 saturated carbocycles. The lowest BCUT2D eigenvalue weighted by Gasteiger charge is -2.29. The number of anilines is 1. The van der Waals surface area contributed by atoms with Crippen LogP contribution in [0.2, 0.25) is 0 Å². The number of amides is 1. The molecular formula is C30H34N2O5S. The van der Waals surface area contributed by atoms with Crippen molar-refractivity contribution in [2.75, 3.05) is 45.8 Å².